The van der Waals surface area contributed by atoms with Crippen molar-refractivity contribution in [2.45, 2.75) is 38.3 Å². The Bertz CT molecular complexity index is 914. The molecule has 156 valence electrons. The highest BCUT2D eigenvalue weighted by Crippen LogP contribution is 2.33. The quantitative estimate of drug-likeness (QED) is 0.396. The van der Waals surface area contributed by atoms with Crippen molar-refractivity contribution in [1.82, 2.24) is 4.90 Å². The molecule has 2 aromatic rings. The van der Waals surface area contributed by atoms with Crippen LogP contribution in [0.5, 0.6) is 0 Å². The average molecular weight is 407 g/mol. The zero-order valence-corrected chi connectivity index (χ0v) is 16.8. The van der Waals surface area contributed by atoms with Gasteiger partial charge < -0.3 is 9.80 Å². The Morgan fingerprint density at radius 3 is 2.20 bits per heavy atom. The molecule has 7 nitrogen and oxygen atoms in total. The second-order valence-electron chi connectivity index (χ2n) is 8.09. The monoisotopic (exact) mass is 407 g/mol. The number of carbonyl (C=O) groups is 2. The molecule has 0 aromatic heterocycles. The van der Waals surface area contributed by atoms with Gasteiger partial charge in [0.1, 0.15) is 6.29 Å². The average Bonchev–Trinajstić information content (AvgIpc) is 3.63. The maximum atomic E-state index is 13.2. The molecule has 1 saturated heterocycles. The molecule has 0 radical (unpaired) electrons. The van der Waals surface area contributed by atoms with E-state index in [4.69, 9.17) is 0 Å². The van der Waals surface area contributed by atoms with Gasteiger partial charge in [-0.3, -0.25) is 19.7 Å². The molecule has 0 atom stereocenters. The molecule has 30 heavy (non-hydrogen) atoms. The molecule has 2 fully saturated rings. The van der Waals surface area contributed by atoms with Crippen LogP contribution in [0.3, 0.4) is 0 Å². The maximum absolute atomic E-state index is 13.2. The van der Waals surface area contributed by atoms with E-state index in [1.807, 2.05) is 29.2 Å². The van der Waals surface area contributed by atoms with Gasteiger partial charge in [0.15, 0.2) is 0 Å². The summed E-state index contributed by atoms with van der Waals surface area (Å²) >= 11 is 0. The SMILES string of the molecule is O=Cc1ccc(N2CCC(C(=O)N(Cc3ccc([N+](=O)[O-])cc3)C3CC3)CC2)cc1. The summed E-state index contributed by atoms with van der Waals surface area (Å²) in [6.07, 6.45) is 4.50. The Labute approximate surface area is 175 Å². The van der Waals surface area contributed by atoms with Crippen LogP contribution in [0.2, 0.25) is 0 Å². The lowest BCUT2D eigenvalue weighted by Crippen LogP contribution is -2.43. The molecule has 1 saturated carbocycles. The minimum Gasteiger partial charge on any atom is -0.371 e. The number of nitrogens with zero attached hydrogens (tertiary/aromatic N) is 3. The Hall–Kier alpha value is -3.22. The predicted octanol–water partition coefficient (Wildman–Crippen LogP) is 3.81. The van der Waals surface area contributed by atoms with Crippen molar-refractivity contribution in [3.8, 4) is 0 Å². The summed E-state index contributed by atoms with van der Waals surface area (Å²) in [6.45, 7) is 2.13. The highest BCUT2D eigenvalue weighted by molar-refractivity contribution is 5.80. The van der Waals surface area contributed by atoms with Gasteiger partial charge in [0.05, 0.1) is 4.92 Å². The first-order chi connectivity index (χ1) is 14.5. The fourth-order valence-corrected chi connectivity index (χ4v) is 4.08. The molecule has 1 aliphatic heterocycles. The lowest BCUT2D eigenvalue weighted by Gasteiger charge is -2.35. The summed E-state index contributed by atoms with van der Waals surface area (Å²) in [5.74, 6) is 0.209. The van der Waals surface area contributed by atoms with Gasteiger partial charge in [-0.15, -0.1) is 0 Å². The van der Waals surface area contributed by atoms with Crippen molar-refractivity contribution < 1.29 is 14.5 Å². The van der Waals surface area contributed by atoms with E-state index >= 15 is 0 Å². The fourth-order valence-electron chi connectivity index (χ4n) is 4.08. The molecule has 0 unspecified atom stereocenters. The van der Waals surface area contributed by atoms with E-state index in [1.54, 1.807) is 12.1 Å². The summed E-state index contributed by atoms with van der Waals surface area (Å²) in [5.41, 5.74) is 2.73. The highest BCUT2D eigenvalue weighted by atomic mass is 16.6. The molecule has 0 spiro atoms. The summed E-state index contributed by atoms with van der Waals surface area (Å²) in [4.78, 5) is 38.7. The lowest BCUT2D eigenvalue weighted by atomic mass is 9.94. The van der Waals surface area contributed by atoms with Gasteiger partial charge in [-0.25, -0.2) is 0 Å². The van der Waals surface area contributed by atoms with Crippen molar-refractivity contribution in [2.24, 2.45) is 5.92 Å². The maximum Gasteiger partial charge on any atom is 0.269 e. The van der Waals surface area contributed by atoms with Crippen LogP contribution in [0.15, 0.2) is 48.5 Å². The number of anilines is 1. The summed E-state index contributed by atoms with van der Waals surface area (Å²) in [7, 11) is 0. The van der Waals surface area contributed by atoms with E-state index < -0.39 is 4.92 Å². The van der Waals surface area contributed by atoms with Gasteiger partial charge in [-0.1, -0.05) is 12.1 Å². The molecule has 0 bridgehead atoms. The number of amides is 1. The summed E-state index contributed by atoms with van der Waals surface area (Å²) in [5, 5.41) is 10.9. The lowest BCUT2D eigenvalue weighted by molar-refractivity contribution is -0.384. The number of nitro benzene ring substituents is 1. The van der Waals surface area contributed by atoms with Gasteiger partial charge >= 0.3 is 0 Å². The number of nitro groups is 1. The van der Waals surface area contributed by atoms with Crippen LogP contribution >= 0.6 is 0 Å². The second-order valence-corrected chi connectivity index (χ2v) is 8.09. The van der Waals surface area contributed by atoms with E-state index in [2.05, 4.69) is 4.90 Å². The molecule has 0 N–H and O–H groups in total. The minimum atomic E-state index is -0.409. The Morgan fingerprint density at radius 2 is 1.67 bits per heavy atom. The number of rotatable bonds is 7. The Balaban J connectivity index is 1.37. The fraction of sp³-hybridized carbons (Fsp3) is 0.391. The first kappa shape index (κ1) is 20.1. The second kappa shape index (κ2) is 8.65. The van der Waals surface area contributed by atoms with Gasteiger partial charge in [0.25, 0.3) is 5.69 Å². The third-order valence-electron chi connectivity index (χ3n) is 6.01. The van der Waals surface area contributed by atoms with Crippen molar-refractivity contribution >= 4 is 23.6 Å². The first-order valence-corrected chi connectivity index (χ1v) is 10.4. The molecule has 4 rings (SSSR count). The van der Waals surface area contributed by atoms with E-state index in [-0.39, 0.29) is 17.5 Å². The number of piperidine rings is 1. The van der Waals surface area contributed by atoms with Crippen LogP contribution in [0.4, 0.5) is 11.4 Å². The molecular formula is C23H25N3O4. The number of hydrogen-bond acceptors (Lipinski definition) is 5. The third kappa shape index (κ3) is 4.50. The van der Waals surface area contributed by atoms with E-state index in [9.17, 15) is 19.7 Å². The van der Waals surface area contributed by atoms with Crippen molar-refractivity contribution in [3.63, 3.8) is 0 Å². The van der Waals surface area contributed by atoms with Gasteiger partial charge in [-0.2, -0.15) is 0 Å². The van der Waals surface area contributed by atoms with Crippen molar-refractivity contribution in [1.29, 1.82) is 0 Å². The highest BCUT2D eigenvalue weighted by Gasteiger charge is 2.37. The van der Waals surface area contributed by atoms with Gasteiger partial charge in [-0.05, 0) is 55.5 Å². The van der Waals surface area contributed by atoms with E-state index in [0.29, 0.717) is 18.2 Å². The first-order valence-electron chi connectivity index (χ1n) is 10.4. The van der Waals surface area contributed by atoms with Crippen LogP contribution in [0.25, 0.3) is 0 Å². The van der Waals surface area contributed by atoms with E-state index in [0.717, 1.165) is 56.3 Å². The van der Waals surface area contributed by atoms with Crippen LogP contribution in [0.1, 0.15) is 41.6 Å². The molecule has 1 heterocycles. The Kier molecular flexibility index (Phi) is 5.79. The number of carbonyl (C=O) groups excluding carboxylic acids is 2. The molecule has 2 aromatic carbocycles. The zero-order chi connectivity index (χ0) is 21.1. The standard InChI is InChI=1S/C23H25N3O4/c27-16-18-3-5-20(6-4-18)24-13-11-19(12-14-24)23(28)25(21-9-10-21)15-17-1-7-22(8-2-17)26(29)30/h1-8,16,19,21H,9-15H2. The van der Waals surface area contributed by atoms with Gasteiger partial charge in [0.2, 0.25) is 5.91 Å². The van der Waals surface area contributed by atoms with Gasteiger partial charge in [0, 0.05) is 55.0 Å². The summed E-state index contributed by atoms with van der Waals surface area (Å²) < 4.78 is 0. The van der Waals surface area contributed by atoms with Crippen LogP contribution in [0, 0.1) is 16.0 Å². The van der Waals surface area contributed by atoms with Crippen molar-refractivity contribution in [2.75, 3.05) is 18.0 Å². The molecule has 2 aliphatic rings. The minimum absolute atomic E-state index is 0.00847. The molecule has 1 amide bonds. The smallest absolute Gasteiger partial charge is 0.269 e. The molecule has 7 heteroatoms. The summed E-state index contributed by atoms with van der Waals surface area (Å²) in [6, 6.07) is 14.3. The Morgan fingerprint density at radius 1 is 1.03 bits per heavy atom. The van der Waals surface area contributed by atoms with E-state index in [1.165, 1.54) is 12.1 Å². The largest absolute Gasteiger partial charge is 0.371 e. The van der Waals surface area contributed by atoms with Crippen molar-refractivity contribution in [3.05, 3.63) is 69.8 Å². The predicted molar refractivity (Wildman–Crippen MR) is 113 cm³/mol. The number of hydrogen-bond donors (Lipinski definition) is 0. The van der Waals surface area contributed by atoms with Crippen LogP contribution < -0.4 is 4.90 Å². The van der Waals surface area contributed by atoms with Crippen LogP contribution in [-0.4, -0.2) is 41.1 Å². The topological polar surface area (TPSA) is 83.8 Å². The number of aldehydes is 1. The van der Waals surface area contributed by atoms with Crippen LogP contribution in [-0.2, 0) is 11.3 Å². The number of benzene rings is 2. The zero-order valence-electron chi connectivity index (χ0n) is 16.8. The molecule has 1 aliphatic carbocycles. The normalized spacial score (nSPS) is 16.9. The molecular weight excluding hydrogens is 382 g/mol. The number of non-ortho nitro benzene ring substituents is 1. The third-order valence-corrected chi connectivity index (χ3v) is 6.01.